The minimum absolute atomic E-state index is 0.145. The number of carbonyl (C=O) groups is 2. The third-order valence-electron chi connectivity index (χ3n) is 6.31. The quantitative estimate of drug-likeness (QED) is 0.565. The molecule has 0 atom stereocenters. The van der Waals surface area contributed by atoms with Gasteiger partial charge in [0, 0.05) is 37.4 Å². The van der Waals surface area contributed by atoms with Crippen LogP contribution >= 0.6 is 0 Å². The van der Waals surface area contributed by atoms with Crippen molar-refractivity contribution in [1.29, 1.82) is 0 Å². The Balaban J connectivity index is 0.000000200. The second-order valence-electron chi connectivity index (χ2n) is 8.56. The van der Waals surface area contributed by atoms with Crippen molar-refractivity contribution in [3.8, 4) is 11.3 Å². The Morgan fingerprint density at radius 2 is 1.79 bits per heavy atom. The van der Waals surface area contributed by atoms with Gasteiger partial charge in [0.15, 0.2) is 0 Å². The predicted octanol–water partition coefficient (Wildman–Crippen LogP) is 5.00. The maximum Gasteiger partial charge on any atom is 0.222 e. The van der Waals surface area contributed by atoms with E-state index in [-0.39, 0.29) is 24.1 Å². The zero-order valence-corrected chi connectivity index (χ0v) is 18.2. The molecule has 5 rings (SSSR count). The summed E-state index contributed by atoms with van der Waals surface area (Å²) in [6, 6.07) is 8.35. The van der Waals surface area contributed by atoms with E-state index in [1.807, 2.05) is 0 Å². The van der Waals surface area contributed by atoms with Gasteiger partial charge in [-0.2, -0.15) is 0 Å². The van der Waals surface area contributed by atoms with Crippen LogP contribution < -0.4 is 5.73 Å². The Morgan fingerprint density at radius 3 is 2.36 bits per heavy atom. The fraction of sp³-hybridized carbons (Fsp3) is 0.360. The number of fused-ring (bicyclic) bond motifs is 1. The minimum atomic E-state index is -0.594. The smallest absolute Gasteiger partial charge is 0.222 e. The van der Waals surface area contributed by atoms with Crippen LogP contribution in [0.25, 0.3) is 22.2 Å². The van der Waals surface area contributed by atoms with Crippen LogP contribution in [0.15, 0.2) is 36.4 Å². The highest BCUT2D eigenvalue weighted by molar-refractivity contribution is 5.92. The highest BCUT2D eigenvalue weighted by Gasteiger charge is 2.28. The lowest BCUT2D eigenvalue weighted by Gasteiger charge is -2.26. The normalized spacial score (nSPS) is 16.0. The number of primary amides is 1. The molecule has 2 aliphatic rings. The van der Waals surface area contributed by atoms with E-state index < -0.39 is 11.6 Å². The molecule has 0 spiro atoms. The molecule has 2 amide bonds. The van der Waals surface area contributed by atoms with Crippen molar-refractivity contribution in [2.24, 2.45) is 5.73 Å². The summed E-state index contributed by atoms with van der Waals surface area (Å²) in [5, 5.41) is 0.599. The van der Waals surface area contributed by atoms with Gasteiger partial charge in [0.25, 0.3) is 0 Å². The van der Waals surface area contributed by atoms with Crippen molar-refractivity contribution >= 4 is 22.7 Å². The van der Waals surface area contributed by atoms with E-state index in [9.17, 15) is 22.8 Å². The summed E-state index contributed by atoms with van der Waals surface area (Å²) in [4.78, 5) is 26.1. The number of benzene rings is 2. The van der Waals surface area contributed by atoms with Crippen molar-refractivity contribution in [3.63, 3.8) is 0 Å². The molecule has 1 saturated carbocycles. The lowest BCUT2D eigenvalue weighted by atomic mass is 9.78. The molecule has 1 aliphatic heterocycles. The van der Waals surface area contributed by atoms with Crippen LogP contribution in [0.1, 0.15) is 50.0 Å². The number of nitrogens with two attached hydrogens (primary N) is 1. The van der Waals surface area contributed by atoms with Crippen LogP contribution in [0.2, 0.25) is 0 Å². The molecule has 0 radical (unpaired) electrons. The van der Waals surface area contributed by atoms with Crippen LogP contribution in [0.3, 0.4) is 0 Å². The number of hydrogen-bond acceptors (Lipinski definition) is 2. The van der Waals surface area contributed by atoms with Gasteiger partial charge in [-0.15, -0.1) is 0 Å². The van der Waals surface area contributed by atoms with Gasteiger partial charge in [-0.05, 0) is 66.6 Å². The molecular weight excluding hydrogens is 431 g/mol. The van der Waals surface area contributed by atoms with E-state index in [2.05, 4.69) is 4.98 Å². The first-order chi connectivity index (χ1) is 15.8. The molecule has 0 unspecified atom stereocenters. The Bertz CT molecular complexity index is 1170. The van der Waals surface area contributed by atoms with Crippen molar-refractivity contribution in [3.05, 3.63) is 59.4 Å². The maximum absolute atomic E-state index is 14.1. The number of halogens is 3. The number of aromatic nitrogens is 1. The Hall–Kier alpha value is -3.29. The van der Waals surface area contributed by atoms with Crippen LogP contribution in [0.4, 0.5) is 13.2 Å². The molecule has 1 saturated heterocycles. The lowest BCUT2D eigenvalue weighted by Crippen LogP contribution is -2.28. The molecule has 33 heavy (non-hydrogen) atoms. The number of nitrogens with zero attached hydrogens (tertiary/aromatic N) is 1. The molecule has 2 fully saturated rings. The van der Waals surface area contributed by atoms with Gasteiger partial charge in [0.1, 0.15) is 17.5 Å². The van der Waals surface area contributed by atoms with E-state index in [0.717, 1.165) is 55.1 Å². The number of H-pyrrole nitrogens is 1. The Kier molecular flexibility index (Phi) is 6.72. The third kappa shape index (κ3) is 5.05. The highest BCUT2D eigenvalue weighted by Crippen LogP contribution is 2.45. The largest absolute Gasteiger partial charge is 0.370 e. The number of nitrogens with one attached hydrogen (secondary N) is 1. The van der Waals surface area contributed by atoms with Gasteiger partial charge in [-0.25, -0.2) is 13.2 Å². The molecular formula is C25H26F3N3O2. The van der Waals surface area contributed by atoms with Gasteiger partial charge in [-0.1, -0.05) is 6.42 Å². The van der Waals surface area contributed by atoms with Crippen molar-refractivity contribution in [2.45, 2.75) is 44.4 Å². The fourth-order valence-electron chi connectivity index (χ4n) is 4.39. The van der Waals surface area contributed by atoms with Crippen molar-refractivity contribution in [2.75, 3.05) is 13.1 Å². The zero-order chi connectivity index (χ0) is 23.5. The van der Waals surface area contributed by atoms with Gasteiger partial charge in [0.2, 0.25) is 11.8 Å². The molecule has 1 aromatic heterocycles. The molecule has 174 valence electrons. The molecule has 2 heterocycles. The summed E-state index contributed by atoms with van der Waals surface area (Å²) in [6.07, 6.45) is 4.97. The Labute approximate surface area is 189 Å². The summed E-state index contributed by atoms with van der Waals surface area (Å²) in [6.45, 7) is 1.28. The van der Waals surface area contributed by atoms with Crippen LogP contribution in [0.5, 0.6) is 0 Å². The molecule has 1 aliphatic carbocycles. The number of carbonyl (C=O) groups excluding carboxylic acids is 2. The van der Waals surface area contributed by atoms with Gasteiger partial charge >= 0.3 is 0 Å². The van der Waals surface area contributed by atoms with Crippen LogP contribution in [-0.4, -0.2) is 34.8 Å². The first-order valence-electron chi connectivity index (χ1n) is 11.2. The highest BCUT2D eigenvalue weighted by atomic mass is 19.1. The third-order valence-corrected chi connectivity index (χ3v) is 6.31. The number of aromatic amines is 1. The van der Waals surface area contributed by atoms with Crippen molar-refractivity contribution in [1.82, 2.24) is 9.88 Å². The number of amides is 2. The second kappa shape index (κ2) is 9.68. The molecule has 2 aromatic carbocycles. The second-order valence-corrected chi connectivity index (χ2v) is 8.56. The zero-order valence-electron chi connectivity index (χ0n) is 18.2. The van der Waals surface area contributed by atoms with Gasteiger partial charge < -0.3 is 15.6 Å². The van der Waals surface area contributed by atoms with E-state index >= 15 is 0 Å². The average molecular weight is 457 g/mol. The first-order valence-corrected chi connectivity index (χ1v) is 11.2. The molecule has 5 nitrogen and oxygen atoms in total. The monoisotopic (exact) mass is 457 g/mol. The predicted molar refractivity (Wildman–Crippen MR) is 120 cm³/mol. The van der Waals surface area contributed by atoms with Crippen LogP contribution in [-0.2, 0) is 9.59 Å². The fourth-order valence-corrected chi connectivity index (χ4v) is 4.39. The standard InChI is InChI=1S/C18H14F3N.C7H12N2O2/c19-12-6-4-11(5-7-12)17-16(10-2-1-3-10)14-8-13(20)9-15(21)18(14)22-17;8-6(10)3-5-9-4-1-2-7(9)11/h4-10,22H,1-3H2;1-5H2,(H2,8,10). The summed E-state index contributed by atoms with van der Waals surface area (Å²) in [5.74, 6) is -1.38. The maximum atomic E-state index is 14.1. The van der Waals surface area contributed by atoms with E-state index in [4.69, 9.17) is 5.73 Å². The average Bonchev–Trinajstić information content (AvgIpc) is 3.30. The summed E-state index contributed by atoms with van der Waals surface area (Å²) in [7, 11) is 0. The first kappa shape index (κ1) is 22.9. The molecule has 0 bridgehead atoms. The summed E-state index contributed by atoms with van der Waals surface area (Å²) in [5.41, 5.74) is 7.77. The van der Waals surface area contributed by atoms with Crippen LogP contribution in [0, 0.1) is 17.5 Å². The van der Waals surface area contributed by atoms with E-state index in [0.29, 0.717) is 29.8 Å². The van der Waals surface area contributed by atoms with Gasteiger partial charge in [-0.3, -0.25) is 9.59 Å². The summed E-state index contributed by atoms with van der Waals surface area (Å²) >= 11 is 0. The van der Waals surface area contributed by atoms with Crippen molar-refractivity contribution < 1.29 is 22.8 Å². The molecule has 3 N–H and O–H groups in total. The SMILES string of the molecule is Fc1ccc(-c2[nH]c3c(F)cc(F)cc3c2C2CCC2)cc1.NC(=O)CCN1CCCC1=O. The number of hydrogen-bond donors (Lipinski definition) is 2. The van der Waals surface area contributed by atoms with E-state index in [1.165, 1.54) is 18.2 Å². The number of rotatable bonds is 5. The lowest BCUT2D eigenvalue weighted by molar-refractivity contribution is -0.128. The molecule has 3 aromatic rings. The Morgan fingerprint density at radius 1 is 1.06 bits per heavy atom. The summed E-state index contributed by atoms with van der Waals surface area (Å²) < 4.78 is 40.8. The topological polar surface area (TPSA) is 79.2 Å². The number of likely N-dealkylation sites (tertiary alicyclic amines) is 1. The minimum Gasteiger partial charge on any atom is -0.370 e. The van der Waals surface area contributed by atoms with E-state index in [1.54, 1.807) is 17.0 Å². The molecule has 8 heteroatoms. The van der Waals surface area contributed by atoms with Gasteiger partial charge in [0.05, 0.1) is 11.2 Å².